The van der Waals surface area contributed by atoms with Crippen LogP contribution >= 0.6 is 0 Å². The van der Waals surface area contributed by atoms with Crippen molar-refractivity contribution in [3.05, 3.63) is 76.6 Å². The number of hydrogen-bond acceptors (Lipinski definition) is 1. The summed E-state index contributed by atoms with van der Waals surface area (Å²) < 4.78 is 84.8. The van der Waals surface area contributed by atoms with Crippen molar-refractivity contribution in [2.24, 2.45) is 5.92 Å². The van der Waals surface area contributed by atoms with Crippen molar-refractivity contribution in [3.63, 3.8) is 0 Å². The predicted octanol–water partition coefficient (Wildman–Crippen LogP) is 8.43. The van der Waals surface area contributed by atoms with E-state index in [1.54, 1.807) is 18.2 Å². The first-order valence-electron chi connectivity index (χ1n) is 11.1. The summed E-state index contributed by atoms with van der Waals surface area (Å²) in [5, 5.41) is 1.23. The molecule has 3 aromatic rings. The van der Waals surface area contributed by atoms with Crippen LogP contribution in [0.4, 0.5) is 26.3 Å². The van der Waals surface area contributed by atoms with E-state index in [-0.39, 0.29) is 17.3 Å². The Morgan fingerprint density at radius 2 is 1.64 bits per heavy atom. The van der Waals surface area contributed by atoms with Crippen molar-refractivity contribution in [2.45, 2.75) is 57.7 Å². The number of fused-ring (bicyclic) bond motifs is 3. The Morgan fingerprint density at radius 1 is 0.909 bits per heavy atom. The maximum absolute atomic E-state index is 14.6. The van der Waals surface area contributed by atoms with Crippen LogP contribution in [0, 0.1) is 23.4 Å². The molecule has 0 aromatic heterocycles. The van der Waals surface area contributed by atoms with Crippen LogP contribution in [0.15, 0.2) is 42.5 Å². The van der Waals surface area contributed by atoms with Gasteiger partial charge in [0.05, 0.1) is 0 Å². The van der Waals surface area contributed by atoms with E-state index in [0.717, 1.165) is 60.7 Å². The molecule has 33 heavy (non-hydrogen) atoms. The summed E-state index contributed by atoms with van der Waals surface area (Å²) in [7, 11) is 0. The SMILES string of the molecule is CCCCC[C@@H]1CCc2c(ccc3c(F)cccc23)[C@H]1c1cc(F)c(OC(F)(F)F)c(F)c1. The molecule has 0 bridgehead atoms. The summed E-state index contributed by atoms with van der Waals surface area (Å²) in [5.41, 5.74) is 2.02. The lowest BCUT2D eigenvalue weighted by Gasteiger charge is -2.35. The van der Waals surface area contributed by atoms with Crippen molar-refractivity contribution in [3.8, 4) is 5.75 Å². The zero-order valence-corrected chi connectivity index (χ0v) is 18.1. The fourth-order valence-corrected chi connectivity index (χ4v) is 5.11. The highest BCUT2D eigenvalue weighted by Gasteiger charge is 2.36. The molecule has 0 radical (unpaired) electrons. The summed E-state index contributed by atoms with van der Waals surface area (Å²) in [6.45, 7) is 2.08. The maximum atomic E-state index is 14.6. The molecular weight excluding hydrogens is 442 g/mol. The summed E-state index contributed by atoms with van der Waals surface area (Å²) in [6.07, 6.45) is 0.0281. The molecule has 1 aliphatic rings. The molecule has 0 spiro atoms. The van der Waals surface area contributed by atoms with Crippen molar-refractivity contribution < 1.29 is 31.1 Å². The Morgan fingerprint density at radius 3 is 2.30 bits per heavy atom. The van der Waals surface area contributed by atoms with E-state index in [2.05, 4.69) is 11.7 Å². The van der Waals surface area contributed by atoms with Crippen LogP contribution in [-0.4, -0.2) is 6.36 Å². The Hall–Kier alpha value is -2.70. The minimum absolute atomic E-state index is 0.0586. The van der Waals surface area contributed by atoms with Gasteiger partial charge in [-0.3, -0.25) is 0 Å². The fraction of sp³-hybridized carbons (Fsp3) is 0.385. The highest BCUT2D eigenvalue weighted by Crippen LogP contribution is 2.46. The van der Waals surface area contributed by atoms with Gasteiger partial charge in [0.2, 0.25) is 5.75 Å². The molecule has 4 rings (SSSR count). The van der Waals surface area contributed by atoms with Gasteiger partial charge in [0.1, 0.15) is 5.82 Å². The van der Waals surface area contributed by atoms with E-state index in [0.29, 0.717) is 11.8 Å². The lowest BCUT2D eigenvalue weighted by atomic mass is 9.69. The van der Waals surface area contributed by atoms with Crippen LogP contribution in [0.2, 0.25) is 0 Å². The average molecular weight is 466 g/mol. The molecule has 176 valence electrons. The van der Waals surface area contributed by atoms with Gasteiger partial charge in [0.25, 0.3) is 0 Å². The van der Waals surface area contributed by atoms with Crippen molar-refractivity contribution >= 4 is 10.8 Å². The van der Waals surface area contributed by atoms with Gasteiger partial charge in [-0.25, -0.2) is 13.2 Å². The van der Waals surface area contributed by atoms with Crippen molar-refractivity contribution in [1.82, 2.24) is 0 Å². The van der Waals surface area contributed by atoms with Gasteiger partial charge in [0, 0.05) is 11.3 Å². The van der Waals surface area contributed by atoms with Crippen molar-refractivity contribution in [1.29, 1.82) is 0 Å². The molecule has 0 heterocycles. The first-order valence-corrected chi connectivity index (χ1v) is 11.1. The highest BCUT2D eigenvalue weighted by atomic mass is 19.4. The lowest BCUT2D eigenvalue weighted by Crippen LogP contribution is -2.23. The van der Waals surface area contributed by atoms with Gasteiger partial charge in [-0.2, -0.15) is 0 Å². The largest absolute Gasteiger partial charge is 0.573 e. The number of hydrogen-bond donors (Lipinski definition) is 0. The molecule has 0 aliphatic heterocycles. The van der Waals surface area contributed by atoms with E-state index in [1.807, 2.05) is 6.07 Å². The molecule has 0 unspecified atom stereocenters. The summed E-state index contributed by atoms with van der Waals surface area (Å²) in [6, 6.07) is 10.2. The van der Waals surface area contributed by atoms with Gasteiger partial charge in [0.15, 0.2) is 11.6 Å². The number of rotatable bonds is 6. The molecule has 0 fully saturated rings. The van der Waals surface area contributed by atoms with E-state index in [4.69, 9.17) is 0 Å². The number of unbranched alkanes of at least 4 members (excludes halogenated alkanes) is 2. The van der Waals surface area contributed by atoms with E-state index in [9.17, 15) is 26.3 Å². The van der Waals surface area contributed by atoms with E-state index < -0.39 is 29.7 Å². The molecule has 2 atom stereocenters. The zero-order chi connectivity index (χ0) is 23.8. The molecule has 3 aromatic carbocycles. The summed E-state index contributed by atoms with van der Waals surface area (Å²) in [5.74, 6) is -4.94. The van der Waals surface area contributed by atoms with Gasteiger partial charge in [-0.05, 0) is 65.5 Å². The zero-order valence-electron chi connectivity index (χ0n) is 18.1. The number of ether oxygens (including phenoxy) is 1. The van der Waals surface area contributed by atoms with Crippen LogP contribution in [0.3, 0.4) is 0 Å². The first-order chi connectivity index (χ1) is 15.7. The minimum atomic E-state index is -5.20. The third-order valence-corrected chi connectivity index (χ3v) is 6.50. The average Bonchev–Trinajstić information content (AvgIpc) is 2.75. The van der Waals surface area contributed by atoms with Crippen LogP contribution in [0.1, 0.15) is 61.6 Å². The molecule has 1 nitrogen and oxygen atoms in total. The normalized spacial score (nSPS) is 18.4. The second kappa shape index (κ2) is 9.27. The quantitative estimate of drug-likeness (QED) is 0.262. The topological polar surface area (TPSA) is 9.23 Å². The molecule has 0 saturated carbocycles. The van der Waals surface area contributed by atoms with Crippen LogP contribution in [-0.2, 0) is 6.42 Å². The molecule has 0 N–H and O–H groups in total. The van der Waals surface area contributed by atoms with Gasteiger partial charge in [-0.15, -0.1) is 13.2 Å². The number of aryl methyl sites for hydroxylation is 1. The van der Waals surface area contributed by atoms with Crippen LogP contribution < -0.4 is 4.74 Å². The lowest BCUT2D eigenvalue weighted by molar-refractivity contribution is -0.276. The van der Waals surface area contributed by atoms with E-state index in [1.165, 1.54) is 6.07 Å². The number of benzene rings is 3. The standard InChI is InChI=1S/C26H24F6O/c1-2-3-4-6-15-9-10-18-17-7-5-8-21(27)19(17)11-12-20(18)24(15)16-13-22(28)25(23(29)14-16)33-26(30,31)32/h5,7-8,11-15,24H,2-4,6,9-10H2,1H3/t15-,24-/m1/s1. The minimum Gasteiger partial charge on any atom is -0.399 e. The van der Waals surface area contributed by atoms with Gasteiger partial charge >= 0.3 is 6.36 Å². The van der Waals surface area contributed by atoms with Crippen molar-refractivity contribution in [2.75, 3.05) is 0 Å². The second-order valence-corrected chi connectivity index (χ2v) is 8.60. The first kappa shape index (κ1) is 23.5. The predicted molar refractivity (Wildman–Crippen MR) is 115 cm³/mol. The number of halogens is 6. The third-order valence-electron chi connectivity index (χ3n) is 6.50. The Balaban J connectivity index is 1.83. The van der Waals surface area contributed by atoms with Gasteiger partial charge < -0.3 is 4.74 Å². The highest BCUT2D eigenvalue weighted by molar-refractivity contribution is 5.88. The summed E-state index contributed by atoms with van der Waals surface area (Å²) >= 11 is 0. The van der Waals surface area contributed by atoms with Gasteiger partial charge in [-0.1, -0.05) is 50.5 Å². The number of alkyl halides is 3. The fourth-order valence-electron chi connectivity index (χ4n) is 5.11. The molecular formula is C26H24F6O. The molecule has 1 aliphatic carbocycles. The third kappa shape index (κ3) is 4.82. The second-order valence-electron chi connectivity index (χ2n) is 8.60. The smallest absolute Gasteiger partial charge is 0.399 e. The Bertz CT molecular complexity index is 1130. The maximum Gasteiger partial charge on any atom is 0.573 e. The monoisotopic (exact) mass is 466 g/mol. The molecule has 0 saturated heterocycles. The summed E-state index contributed by atoms with van der Waals surface area (Å²) in [4.78, 5) is 0. The molecule has 0 amide bonds. The Kier molecular flexibility index (Phi) is 6.59. The van der Waals surface area contributed by atoms with E-state index >= 15 is 0 Å². The van der Waals surface area contributed by atoms with Crippen LogP contribution in [0.5, 0.6) is 5.75 Å². The molecule has 7 heteroatoms. The van der Waals surface area contributed by atoms with Crippen LogP contribution in [0.25, 0.3) is 10.8 Å². The Labute approximate surface area is 188 Å².